The summed E-state index contributed by atoms with van der Waals surface area (Å²) in [6.07, 6.45) is 9.44. The first kappa shape index (κ1) is 13.8. The molecule has 1 nitrogen and oxygen atoms in total. The van der Waals surface area contributed by atoms with Crippen molar-refractivity contribution in [1.29, 1.82) is 0 Å². The highest BCUT2D eigenvalue weighted by molar-refractivity contribution is 7.08. The summed E-state index contributed by atoms with van der Waals surface area (Å²) in [6.45, 7) is 5.50. The van der Waals surface area contributed by atoms with E-state index in [1.807, 2.05) is 0 Å². The van der Waals surface area contributed by atoms with Crippen molar-refractivity contribution < 1.29 is 0 Å². The second-order valence-corrected chi connectivity index (χ2v) is 6.43. The zero-order valence-corrected chi connectivity index (χ0v) is 12.4. The largest absolute Gasteiger partial charge is 0.311 e. The quantitative estimate of drug-likeness (QED) is 0.811. The average Bonchev–Trinajstić information content (AvgIpc) is 2.88. The number of thiophene rings is 1. The van der Waals surface area contributed by atoms with Gasteiger partial charge in [0, 0.05) is 12.6 Å². The molecule has 0 saturated heterocycles. The van der Waals surface area contributed by atoms with Gasteiger partial charge in [0.05, 0.1) is 0 Å². The van der Waals surface area contributed by atoms with Crippen molar-refractivity contribution >= 4 is 17.4 Å². The van der Waals surface area contributed by atoms with Gasteiger partial charge >= 0.3 is 0 Å². The Morgan fingerprint density at radius 1 is 1.39 bits per heavy atom. The fourth-order valence-corrected chi connectivity index (χ4v) is 3.30. The van der Waals surface area contributed by atoms with E-state index in [9.17, 15) is 0 Å². The Hall–Kier alpha value is -0.600. The van der Waals surface area contributed by atoms with Gasteiger partial charge in [0.1, 0.15) is 0 Å². The lowest BCUT2D eigenvalue weighted by Crippen LogP contribution is -2.27. The van der Waals surface area contributed by atoms with Gasteiger partial charge in [0.25, 0.3) is 0 Å². The molecule has 1 saturated carbocycles. The first-order valence-corrected chi connectivity index (χ1v) is 8.16. The van der Waals surface area contributed by atoms with Crippen LogP contribution in [0.4, 0.5) is 0 Å². The Morgan fingerprint density at radius 2 is 2.17 bits per heavy atom. The van der Waals surface area contributed by atoms with E-state index in [2.05, 4.69) is 42.1 Å². The van der Waals surface area contributed by atoms with Crippen LogP contribution < -0.4 is 5.32 Å². The first-order chi connectivity index (χ1) is 8.75. The average molecular weight is 263 g/mol. The van der Waals surface area contributed by atoms with E-state index >= 15 is 0 Å². The van der Waals surface area contributed by atoms with Crippen LogP contribution in [0.5, 0.6) is 0 Å². The third-order valence-corrected chi connectivity index (χ3v) is 4.44. The Bertz CT molecular complexity index is 358. The molecule has 1 heterocycles. The van der Waals surface area contributed by atoms with Crippen LogP contribution in [0.25, 0.3) is 6.08 Å². The van der Waals surface area contributed by atoms with Crippen LogP contribution in [-0.4, -0.2) is 12.6 Å². The van der Waals surface area contributed by atoms with Gasteiger partial charge < -0.3 is 5.32 Å². The fraction of sp³-hybridized carbons (Fsp3) is 0.625. The van der Waals surface area contributed by atoms with Gasteiger partial charge in [-0.25, -0.2) is 0 Å². The number of rotatable bonds is 5. The molecule has 0 radical (unpaired) electrons. The summed E-state index contributed by atoms with van der Waals surface area (Å²) in [6, 6.07) is 2.79. The summed E-state index contributed by atoms with van der Waals surface area (Å²) < 4.78 is 0. The minimum Gasteiger partial charge on any atom is -0.311 e. The lowest BCUT2D eigenvalue weighted by Gasteiger charge is -2.25. The first-order valence-electron chi connectivity index (χ1n) is 7.22. The molecule has 1 N–H and O–H groups in total. The summed E-state index contributed by atoms with van der Waals surface area (Å²) >= 11 is 1.79. The van der Waals surface area contributed by atoms with Crippen LogP contribution in [-0.2, 0) is 0 Å². The van der Waals surface area contributed by atoms with E-state index in [0.29, 0.717) is 6.04 Å². The summed E-state index contributed by atoms with van der Waals surface area (Å²) in [5.74, 6) is 0.810. The molecule has 0 bridgehead atoms. The van der Waals surface area contributed by atoms with Gasteiger partial charge in [-0.2, -0.15) is 11.3 Å². The maximum absolute atomic E-state index is 3.59. The van der Waals surface area contributed by atoms with E-state index in [-0.39, 0.29) is 0 Å². The van der Waals surface area contributed by atoms with E-state index < -0.39 is 0 Å². The van der Waals surface area contributed by atoms with E-state index in [4.69, 9.17) is 0 Å². The molecule has 0 aliphatic heterocycles. The Labute approximate surface area is 115 Å². The summed E-state index contributed by atoms with van der Waals surface area (Å²) in [7, 11) is 0. The summed E-state index contributed by atoms with van der Waals surface area (Å²) in [5, 5.41) is 8.01. The van der Waals surface area contributed by atoms with Crippen LogP contribution in [0.1, 0.15) is 51.5 Å². The number of hydrogen-bond donors (Lipinski definition) is 1. The third kappa shape index (κ3) is 4.25. The normalized spacial score (nSPS) is 18.5. The Kier molecular flexibility index (Phi) is 5.45. The van der Waals surface area contributed by atoms with Gasteiger partial charge in [-0.05, 0) is 41.1 Å². The van der Waals surface area contributed by atoms with Gasteiger partial charge in [-0.15, -0.1) is 0 Å². The molecule has 1 aliphatic carbocycles. The van der Waals surface area contributed by atoms with Crippen LogP contribution in [0.2, 0.25) is 0 Å². The molecule has 0 amide bonds. The van der Waals surface area contributed by atoms with Crippen molar-refractivity contribution in [2.45, 2.75) is 52.0 Å². The molecule has 0 atom stereocenters. The van der Waals surface area contributed by atoms with Crippen molar-refractivity contribution in [3.05, 3.63) is 28.0 Å². The SMILES string of the molecule is CC(C)NCC(=Cc1ccsc1)C1CCCCC1. The zero-order chi connectivity index (χ0) is 12.8. The maximum Gasteiger partial charge on any atom is 0.0173 e. The third-order valence-electron chi connectivity index (χ3n) is 3.74. The highest BCUT2D eigenvalue weighted by atomic mass is 32.1. The lowest BCUT2D eigenvalue weighted by atomic mass is 9.83. The molecule has 1 fully saturated rings. The number of hydrogen-bond acceptors (Lipinski definition) is 2. The highest BCUT2D eigenvalue weighted by Gasteiger charge is 2.17. The maximum atomic E-state index is 3.59. The number of nitrogens with one attached hydrogen (secondary N) is 1. The zero-order valence-electron chi connectivity index (χ0n) is 11.6. The molecule has 0 unspecified atom stereocenters. The second kappa shape index (κ2) is 7.10. The molecule has 2 rings (SSSR count). The van der Waals surface area contributed by atoms with Crippen LogP contribution >= 0.6 is 11.3 Å². The molecule has 100 valence electrons. The van der Waals surface area contributed by atoms with Gasteiger partial charge in [-0.1, -0.05) is 44.8 Å². The Morgan fingerprint density at radius 3 is 2.78 bits per heavy atom. The molecule has 18 heavy (non-hydrogen) atoms. The predicted molar refractivity (Wildman–Crippen MR) is 82.0 cm³/mol. The van der Waals surface area contributed by atoms with Gasteiger partial charge in [0.15, 0.2) is 0 Å². The summed E-state index contributed by atoms with van der Waals surface area (Å²) in [5.41, 5.74) is 2.99. The van der Waals surface area contributed by atoms with Crippen LogP contribution in [0.15, 0.2) is 22.4 Å². The summed E-state index contributed by atoms with van der Waals surface area (Å²) in [4.78, 5) is 0. The molecular weight excluding hydrogens is 238 g/mol. The second-order valence-electron chi connectivity index (χ2n) is 5.65. The van der Waals surface area contributed by atoms with Gasteiger partial charge in [-0.3, -0.25) is 0 Å². The van der Waals surface area contributed by atoms with Crippen molar-refractivity contribution in [2.75, 3.05) is 6.54 Å². The molecule has 0 aromatic carbocycles. The van der Waals surface area contributed by atoms with Crippen LogP contribution in [0.3, 0.4) is 0 Å². The van der Waals surface area contributed by atoms with E-state index in [1.165, 1.54) is 37.7 Å². The standard InChI is InChI=1S/C16H25NS/c1-13(2)17-11-16(10-14-8-9-18-12-14)15-6-4-3-5-7-15/h8-10,12-13,15,17H,3-7,11H2,1-2H3. The predicted octanol–water partition coefficient (Wildman–Crippen LogP) is 4.71. The Balaban J connectivity index is 2.06. The molecule has 1 aliphatic rings. The molecular formula is C16H25NS. The molecule has 0 spiro atoms. The van der Waals surface area contributed by atoms with E-state index in [1.54, 1.807) is 16.9 Å². The lowest BCUT2D eigenvalue weighted by molar-refractivity contribution is 0.394. The highest BCUT2D eigenvalue weighted by Crippen LogP contribution is 2.30. The minimum atomic E-state index is 0.569. The smallest absolute Gasteiger partial charge is 0.0173 e. The minimum absolute atomic E-state index is 0.569. The topological polar surface area (TPSA) is 12.0 Å². The molecule has 1 aromatic rings. The van der Waals surface area contributed by atoms with Crippen LogP contribution in [0, 0.1) is 5.92 Å². The van der Waals surface area contributed by atoms with Crippen molar-refractivity contribution in [2.24, 2.45) is 5.92 Å². The van der Waals surface area contributed by atoms with Crippen molar-refractivity contribution in [3.63, 3.8) is 0 Å². The van der Waals surface area contributed by atoms with E-state index in [0.717, 1.165) is 12.5 Å². The van der Waals surface area contributed by atoms with Gasteiger partial charge in [0.2, 0.25) is 0 Å². The molecule has 2 heteroatoms. The van der Waals surface area contributed by atoms with Crippen molar-refractivity contribution in [3.8, 4) is 0 Å². The molecule has 1 aromatic heterocycles. The van der Waals surface area contributed by atoms with Crippen molar-refractivity contribution in [1.82, 2.24) is 5.32 Å². The fourth-order valence-electron chi connectivity index (χ4n) is 2.68. The monoisotopic (exact) mass is 263 g/mol.